The fourth-order valence-electron chi connectivity index (χ4n) is 3.61. The zero-order valence-corrected chi connectivity index (χ0v) is 26.3. The van der Waals surface area contributed by atoms with Gasteiger partial charge in [-0.1, -0.05) is 49.2 Å². The van der Waals surface area contributed by atoms with Crippen LogP contribution in [0.2, 0.25) is 0 Å². The number of aliphatic imine (C=N–C) groups is 2. The molecule has 1 heterocycles. The Morgan fingerprint density at radius 1 is 0.933 bits per heavy atom. The second-order valence-corrected chi connectivity index (χ2v) is 8.68. The summed E-state index contributed by atoms with van der Waals surface area (Å²) in [5.41, 5.74) is 1.55. The second-order valence-electron chi connectivity index (χ2n) is 8.68. The van der Waals surface area contributed by atoms with Crippen LogP contribution < -0.4 is 20.4 Å². The van der Waals surface area contributed by atoms with Crippen molar-refractivity contribution in [2.75, 3.05) is 19.6 Å². The predicted octanol–water partition coefficient (Wildman–Crippen LogP) is -0.743. The number of benzene rings is 1. The van der Waals surface area contributed by atoms with Gasteiger partial charge in [-0.05, 0) is 61.7 Å². The zero-order valence-electron chi connectivity index (χ0n) is 24.4. The summed E-state index contributed by atoms with van der Waals surface area (Å²) >= 11 is 0. The van der Waals surface area contributed by atoms with Gasteiger partial charge in [0.15, 0.2) is 0 Å². The first kappa shape index (κ1) is 45.3. The van der Waals surface area contributed by atoms with E-state index in [1.165, 1.54) is 0 Å². The molecule has 45 heavy (non-hydrogen) atoms. The van der Waals surface area contributed by atoms with Crippen LogP contribution in [-0.4, -0.2) is 59.4 Å². The molecule has 1 atom stereocenters. The van der Waals surface area contributed by atoms with Crippen molar-refractivity contribution in [1.82, 2.24) is 9.88 Å². The minimum absolute atomic E-state index is 0. The molecule has 0 aliphatic heterocycles. The van der Waals surface area contributed by atoms with Crippen molar-refractivity contribution in [3.05, 3.63) is 85.9 Å². The summed E-state index contributed by atoms with van der Waals surface area (Å²) in [6.07, 6.45) is 3.38. The Hall–Kier alpha value is -4.12. The summed E-state index contributed by atoms with van der Waals surface area (Å²) < 4.78 is 27.6. The van der Waals surface area contributed by atoms with Crippen molar-refractivity contribution in [2.24, 2.45) is 9.98 Å². The number of hydrogen-bond acceptors (Lipinski definition) is 11. The molecule has 1 unspecified atom stereocenters. The Balaban J connectivity index is -0.00000237. The number of carboxylic acids is 1. The third kappa shape index (κ3) is 25.0. The molecule has 1 aromatic carbocycles. The van der Waals surface area contributed by atoms with E-state index in [-0.39, 0.29) is 52.6 Å². The molecule has 2 rings (SSSR count). The minimum atomic E-state index is -1.17. The van der Waals surface area contributed by atoms with Crippen LogP contribution >= 0.6 is 0 Å². The quantitative estimate of drug-likeness (QED) is 0.0679. The summed E-state index contributed by atoms with van der Waals surface area (Å²) in [5, 5.41) is 53.8. The molecular weight excluding hydrogens is 673 g/mol. The van der Waals surface area contributed by atoms with Gasteiger partial charge in [0.1, 0.15) is 6.08 Å². The molecule has 0 fully saturated rings. The van der Waals surface area contributed by atoms with Gasteiger partial charge in [-0.2, -0.15) is 0 Å². The monoisotopic (exact) mass is 706 g/mol. The van der Waals surface area contributed by atoms with Gasteiger partial charge in [-0.15, -0.1) is 0 Å². The fourth-order valence-corrected chi connectivity index (χ4v) is 3.61. The van der Waals surface area contributed by atoms with Gasteiger partial charge < -0.3 is 40.4 Å². The number of nitrogens with one attached hydrogen (secondary N) is 1. The van der Waals surface area contributed by atoms with Crippen molar-refractivity contribution in [2.45, 2.75) is 57.7 Å². The molecule has 14 nitrogen and oxygen atoms in total. The first-order valence-electron chi connectivity index (χ1n) is 13.1. The first-order chi connectivity index (χ1) is 21.3. The number of carboxylic acid groups (broad SMARTS) is 1. The van der Waals surface area contributed by atoms with E-state index in [2.05, 4.69) is 34.9 Å². The van der Waals surface area contributed by atoms with Gasteiger partial charge in [0.25, 0.3) is 0 Å². The Morgan fingerprint density at radius 2 is 1.56 bits per heavy atom. The van der Waals surface area contributed by atoms with Crippen molar-refractivity contribution >= 4 is 23.8 Å². The number of rotatable bonds is 18. The van der Waals surface area contributed by atoms with Crippen molar-refractivity contribution < 1.29 is 64.0 Å². The molecule has 0 spiro atoms. The normalized spacial score (nSPS) is 11.0. The van der Waals surface area contributed by atoms with Crippen molar-refractivity contribution in [3.63, 3.8) is 0 Å². The fraction of sp³-hybridized carbons (Fsp3) is 0.400. The van der Waals surface area contributed by atoms with Crippen LogP contribution in [0.1, 0.15) is 49.8 Å². The number of hydrogen-bond donors (Lipinski definition) is 1. The number of nitrogens with zero attached hydrogens (tertiary/aromatic N) is 4. The van der Waals surface area contributed by atoms with Gasteiger partial charge >= 0.3 is 54.0 Å². The molecule has 0 aliphatic carbocycles. The van der Waals surface area contributed by atoms with Crippen molar-refractivity contribution in [1.29, 1.82) is 5.41 Å². The third-order valence-corrected chi connectivity index (χ3v) is 5.51. The van der Waals surface area contributed by atoms with Crippen LogP contribution in [0.25, 0.3) is 0 Å². The van der Waals surface area contributed by atoms with E-state index in [0.29, 0.717) is 19.5 Å². The van der Waals surface area contributed by atoms with E-state index in [1.807, 2.05) is 18.2 Å². The maximum atomic E-state index is 12.5. The number of carbonyl (C=O) groups excluding carboxylic acids is 1. The average molecular weight is 707 g/mol. The zero-order chi connectivity index (χ0) is 33.6. The summed E-state index contributed by atoms with van der Waals surface area (Å²) in [7, 11) is 0. The Labute approximate surface area is 275 Å². The Bertz CT molecular complexity index is 1160. The molecule has 2 aromatic rings. The van der Waals surface area contributed by atoms with Crippen LogP contribution in [0.4, 0.5) is 0 Å². The summed E-state index contributed by atoms with van der Waals surface area (Å²) in [5.74, 6) is -2.63. The SMILES string of the molecule is N=C([O-])CCC(N=C([O-])OCc1ccccc1)C([O-])=NCCCCCCN(CC(=O)[O-])Cc1ccccn1.[99Tc+4].[C-]#[O+].[C-]#[O+].[C-]#[O+]. The van der Waals surface area contributed by atoms with E-state index in [0.717, 1.165) is 30.5 Å². The van der Waals surface area contributed by atoms with Crippen LogP contribution in [-0.2, 0) is 56.7 Å². The summed E-state index contributed by atoms with van der Waals surface area (Å²) in [6.45, 7) is 14.5. The molecule has 15 heteroatoms. The maximum absolute atomic E-state index is 12.5. The summed E-state index contributed by atoms with van der Waals surface area (Å²) in [4.78, 5) is 24.8. The topological polar surface area (TPSA) is 243 Å². The predicted molar refractivity (Wildman–Crippen MR) is 146 cm³/mol. The van der Waals surface area contributed by atoms with Gasteiger partial charge in [0, 0.05) is 32.4 Å². The molecule has 0 amide bonds. The van der Waals surface area contributed by atoms with Gasteiger partial charge in [-0.25, -0.2) is 0 Å². The molecule has 1 aromatic heterocycles. The van der Waals surface area contributed by atoms with Gasteiger partial charge in [0.2, 0.25) is 0 Å². The molecule has 1 radical (unpaired) electrons. The van der Waals surface area contributed by atoms with Crippen LogP contribution in [0, 0.1) is 25.4 Å². The van der Waals surface area contributed by atoms with E-state index in [4.69, 9.17) is 24.1 Å². The molecule has 0 aliphatic rings. The number of ether oxygens (including phenoxy) is 1. The van der Waals surface area contributed by atoms with Crippen LogP contribution in [0.5, 0.6) is 0 Å². The standard InChI is InChI=1S/C27H37N5O6.3CO.Tc/c28-24(33)14-13-23(31-27(37)38-20-21-10-4-3-5-11-21)26(36)30-16-7-1-2-9-17-32(19-25(34)35)18-22-12-6-8-15-29-22;3*1-2;/h3-6,8,10-12,15,23H,1-2,7,9,13-14,16-20H2,(H2,28,33)(H,30,36)(H,31,37)(H,34,35);;;;/q;;;;+4/p-4/i;;;;1+1. The number of pyridine rings is 1. The molecule has 239 valence electrons. The number of unbranched alkanes of at least 4 members (excludes halogenated alkanes) is 3. The molecular formula is C30H33N5O9Tc. The number of aliphatic carboxylic acids is 1. The third-order valence-electron chi connectivity index (χ3n) is 5.51. The molecule has 0 saturated carbocycles. The second kappa shape index (κ2) is 31.3. The van der Waals surface area contributed by atoms with E-state index in [9.17, 15) is 25.2 Å². The number of aromatic nitrogens is 1. The molecule has 0 bridgehead atoms. The summed E-state index contributed by atoms with van der Waals surface area (Å²) in [6, 6.07) is 13.3. The van der Waals surface area contributed by atoms with E-state index >= 15 is 0 Å². The van der Waals surface area contributed by atoms with Crippen molar-refractivity contribution in [3.8, 4) is 0 Å². The Morgan fingerprint density at radius 3 is 2.13 bits per heavy atom. The van der Waals surface area contributed by atoms with Gasteiger partial charge in [-0.3, -0.25) is 14.9 Å². The van der Waals surface area contributed by atoms with Gasteiger partial charge in [0.05, 0.1) is 17.7 Å². The first-order valence-corrected chi connectivity index (χ1v) is 13.1. The number of carbonyl (C=O) groups is 1. The van der Waals surface area contributed by atoms with E-state index < -0.39 is 29.9 Å². The molecule has 1 N–H and O–H groups in total. The van der Waals surface area contributed by atoms with Crippen LogP contribution in [0.3, 0.4) is 0 Å². The Kier molecular flexibility index (Phi) is 31.5. The van der Waals surface area contributed by atoms with Crippen LogP contribution in [0.15, 0.2) is 64.7 Å². The molecule has 0 saturated heterocycles. The average Bonchev–Trinajstić information content (AvgIpc) is 3.05. The van der Waals surface area contributed by atoms with E-state index in [1.54, 1.807) is 41.4 Å².